The first-order valence-corrected chi connectivity index (χ1v) is 18.9. The third-order valence-electron chi connectivity index (χ3n) is 10.8. The molecule has 55 heavy (non-hydrogen) atoms. The van der Waals surface area contributed by atoms with E-state index in [2.05, 4.69) is 229 Å². The van der Waals surface area contributed by atoms with Gasteiger partial charge in [0.2, 0.25) is 0 Å². The highest BCUT2D eigenvalue weighted by atomic mass is 15.1. The molecular weight excluding hydrogens is 663 g/mol. The summed E-state index contributed by atoms with van der Waals surface area (Å²) >= 11 is 0. The van der Waals surface area contributed by atoms with Crippen LogP contribution in [-0.2, 0) is 0 Å². The van der Waals surface area contributed by atoms with Crippen molar-refractivity contribution in [1.29, 1.82) is 0 Å². The number of benzene rings is 10. The summed E-state index contributed by atoms with van der Waals surface area (Å²) in [5.41, 5.74) is 12.9. The normalized spacial score (nSPS) is 11.3. The molecule has 0 unspecified atom stereocenters. The molecule has 0 aliphatic heterocycles. The second kappa shape index (κ2) is 14.0. The number of hydrogen-bond acceptors (Lipinski definition) is 1. The maximum absolute atomic E-state index is 2.42. The van der Waals surface area contributed by atoms with Crippen LogP contribution < -0.4 is 4.90 Å². The Hall–Kier alpha value is -7.22. The lowest BCUT2D eigenvalue weighted by atomic mass is 9.93. The van der Waals surface area contributed by atoms with E-state index in [0.29, 0.717) is 0 Å². The van der Waals surface area contributed by atoms with Crippen molar-refractivity contribution < 1.29 is 0 Å². The topological polar surface area (TPSA) is 3.24 Å². The van der Waals surface area contributed by atoms with Crippen molar-refractivity contribution in [1.82, 2.24) is 0 Å². The molecule has 258 valence electrons. The zero-order chi connectivity index (χ0) is 36.6. The van der Waals surface area contributed by atoms with E-state index in [1.165, 1.54) is 76.8 Å². The standard InChI is InChI=1S/C54H37N/c1-2-16-39(17-3-1)47-22-8-9-23-48(47)40-31-33-45(34-32-40)55(54-28-13-12-25-50(54)44-30-29-38-15-4-5-18-41(38)35-44)46-21-14-20-42(36-46)53-37-43-19-6-7-24-49(43)51-26-10-11-27-52(51)53/h1-37H. The number of fused-ring (bicyclic) bond motifs is 4. The Labute approximate surface area is 322 Å². The van der Waals surface area contributed by atoms with Gasteiger partial charge in [0.25, 0.3) is 0 Å². The Morgan fingerprint density at radius 2 is 0.782 bits per heavy atom. The first-order valence-electron chi connectivity index (χ1n) is 18.9. The lowest BCUT2D eigenvalue weighted by Gasteiger charge is -2.29. The maximum atomic E-state index is 2.42. The first kappa shape index (κ1) is 32.4. The molecular formula is C54H37N. The quantitative estimate of drug-likeness (QED) is 0.150. The summed E-state index contributed by atoms with van der Waals surface area (Å²) in [7, 11) is 0. The van der Waals surface area contributed by atoms with E-state index in [-0.39, 0.29) is 0 Å². The Kier molecular flexibility index (Phi) is 8.24. The molecule has 0 spiro atoms. The van der Waals surface area contributed by atoms with Crippen molar-refractivity contribution in [3.8, 4) is 44.5 Å². The van der Waals surface area contributed by atoms with E-state index in [4.69, 9.17) is 0 Å². The van der Waals surface area contributed by atoms with E-state index >= 15 is 0 Å². The zero-order valence-electron chi connectivity index (χ0n) is 30.3. The monoisotopic (exact) mass is 699 g/mol. The molecule has 0 bridgehead atoms. The van der Waals surface area contributed by atoms with Gasteiger partial charge in [-0.05, 0) is 114 Å². The van der Waals surface area contributed by atoms with Gasteiger partial charge in [-0.25, -0.2) is 0 Å². The smallest absolute Gasteiger partial charge is 0.0540 e. The molecule has 0 N–H and O–H groups in total. The molecule has 1 heteroatoms. The van der Waals surface area contributed by atoms with E-state index in [1.54, 1.807) is 0 Å². The van der Waals surface area contributed by atoms with Crippen molar-refractivity contribution in [2.75, 3.05) is 4.90 Å². The van der Waals surface area contributed by atoms with Crippen molar-refractivity contribution in [2.45, 2.75) is 0 Å². The largest absolute Gasteiger partial charge is 0.310 e. The summed E-state index contributed by atoms with van der Waals surface area (Å²) in [6.07, 6.45) is 0. The molecule has 10 rings (SSSR count). The fourth-order valence-corrected chi connectivity index (χ4v) is 8.20. The molecule has 0 saturated heterocycles. The highest BCUT2D eigenvalue weighted by Gasteiger charge is 2.19. The van der Waals surface area contributed by atoms with Crippen LogP contribution in [0.5, 0.6) is 0 Å². The number of nitrogens with zero attached hydrogens (tertiary/aromatic N) is 1. The van der Waals surface area contributed by atoms with Crippen LogP contribution in [0.25, 0.3) is 76.8 Å². The molecule has 10 aromatic rings. The zero-order valence-corrected chi connectivity index (χ0v) is 30.3. The van der Waals surface area contributed by atoms with Gasteiger partial charge in [-0.3, -0.25) is 0 Å². The summed E-state index contributed by atoms with van der Waals surface area (Å²) in [6, 6.07) is 81.5. The number of hydrogen-bond donors (Lipinski definition) is 0. The number of rotatable bonds is 7. The molecule has 0 saturated carbocycles. The molecule has 1 nitrogen and oxygen atoms in total. The van der Waals surface area contributed by atoms with Crippen molar-refractivity contribution in [2.24, 2.45) is 0 Å². The molecule has 0 atom stereocenters. The van der Waals surface area contributed by atoms with Gasteiger partial charge in [-0.2, -0.15) is 0 Å². The van der Waals surface area contributed by atoms with Crippen molar-refractivity contribution in [3.63, 3.8) is 0 Å². The van der Waals surface area contributed by atoms with Crippen molar-refractivity contribution >= 4 is 49.4 Å². The second-order valence-electron chi connectivity index (χ2n) is 14.1. The van der Waals surface area contributed by atoms with E-state index in [0.717, 1.165) is 17.1 Å². The van der Waals surface area contributed by atoms with Crippen LogP contribution in [0, 0.1) is 0 Å². The van der Waals surface area contributed by atoms with Gasteiger partial charge in [0.15, 0.2) is 0 Å². The predicted molar refractivity (Wildman–Crippen MR) is 235 cm³/mol. The van der Waals surface area contributed by atoms with Crippen LogP contribution in [-0.4, -0.2) is 0 Å². The Balaban J connectivity index is 1.15. The number of para-hydroxylation sites is 1. The third kappa shape index (κ3) is 6.02. The molecule has 0 fully saturated rings. The average molecular weight is 700 g/mol. The van der Waals surface area contributed by atoms with Gasteiger partial charge in [0, 0.05) is 16.9 Å². The maximum Gasteiger partial charge on any atom is 0.0540 e. The lowest BCUT2D eigenvalue weighted by molar-refractivity contribution is 1.28. The minimum atomic E-state index is 1.09. The fraction of sp³-hybridized carbons (Fsp3) is 0. The highest BCUT2D eigenvalue weighted by Crippen LogP contribution is 2.44. The van der Waals surface area contributed by atoms with Crippen LogP contribution in [0.4, 0.5) is 17.1 Å². The third-order valence-corrected chi connectivity index (χ3v) is 10.8. The van der Waals surface area contributed by atoms with Gasteiger partial charge < -0.3 is 4.90 Å². The molecule has 0 radical (unpaired) electrons. The molecule has 0 heterocycles. The highest BCUT2D eigenvalue weighted by molar-refractivity contribution is 6.14. The second-order valence-corrected chi connectivity index (χ2v) is 14.1. The summed E-state index contributed by atoms with van der Waals surface area (Å²) < 4.78 is 0. The van der Waals surface area contributed by atoms with Crippen LogP contribution in [0.15, 0.2) is 224 Å². The van der Waals surface area contributed by atoms with Gasteiger partial charge >= 0.3 is 0 Å². The number of anilines is 3. The van der Waals surface area contributed by atoms with Gasteiger partial charge in [-0.15, -0.1) is 0 Å². The Morgan fingerprint density at radius 1 is 0.236 bits per heavy atom. The average Bonchev–Trinajstić information content (AvgIpc) is 3.27. The van der Waals surface area contributed by atoms with Gasteiger partial charge in [-0.1, -0.05) is 182 Å². The van der Waals surface area contributed by atoms with Crippen LogP contribution in [0.1, 0.15) is 0 Å². The Morgan fingerprint density at radius 3 is 1.56 bits per heavy atom. The summed E-state index contributed by atoms with van der Waals surface area (Å²) in [5, 5.41) is 7.51. The van der Waals surface area contributed by atoms with Crippen LogP contribution >= 0.6 is 0 Å². The molecule has 10 aromatic carbocycles. The first-order chi connectivity index (χ1) is 27.3. The Bertz CT molecular complexity index is 2980. The molecule has 0 amide bonds. The molecule has 0 aliphatic rings. The molecule has 0 aliphatic carbocycles. The van der Waals surface area contributed by atoms with E-state index < -0.39 is 0 Å². The van der Waals surface area contributed by atoms with Crippen LogP contribution in [0.2, 0.25) is 0 Å². The summed E-state index contributed by atoms with van der Waals surface area (Å²) in [5.74, 6) is 0. The van der Waals surface area contributed by atoms with Gasteiger partial charge in [0.05, 0.1) is 5.69 Å². The van der Waals surface area contributed by atoms with Gasteiger partial charge in [0.1, 0.15) is 0 Å². The van der Waals surface area contributed by atoms with Crippen LogP contribution in [0.3, 0.4) is 0 Å². The summed E-state index contributed by atoms with van der Waals surface area (Å²) in [4.78, 5) is 2.42. The van der Waals surface area contributed by atoms with E-state index in [1.807, 2.05) is 0 Å². The minimum Gasteiger partial charge on any atom is -0.310 e. The van der Waals surface area contributed by atoms with Crippen molar-refractivity contribution in [3.05, 3.63) is 224 Å². The molecule has 0 aromatic heterocycles. The minimum absolute atomic E-state index is 1.09. The van der Waals surface area contributed by atoms with E-state index in [9.17, 15) is 0 Å². The fourth-order valence-electron chi connectivity index (χ4n) is 8.20. The summed E-state index contributed by atoms with van der Waals surface area (Å²) in [6.45, 7) is 0. The predicted octanol–water partition coefficient (Wildman–Crippen LogP) is 15.3. The SMILES string of the molecule is c1ccc(-c2ccccc2-c2ccc(N(c3cccc(-c4cc5ccccc5c5ccccc45)c3)c3ccccc3-c3ccc4ccccc4c3)cc2)cc1. The lowest BCUT2D eigenvalue weighted by Crippen LogP contribution is -2.11.